The van der Waals surface area contributed by atoms with Gasteiger partial charge in [0.2, 0.25) is 0 Å². The maximum atomic E-state index is 13.4. The molecule has 10 heteroatoms. The molecular formula is C36H38N4O6. The minimum atomic E-state index is -0.296. The monoisotopic (exact) mass is 622 g/mol. The van der Waals surface area contributed by atoms with Crippen LogP contribution in [0.2, 0.25) is 0 Å². The summed E-state index contributed by atoms with van der Waals surface area (Å²) >= 11 is 0. The van der Waals surface area contributed by atoms with Crippen LogP contribution < -0.4 is 0 Å². The van der Waals surface area contributed by atoms with Crippen molar-refractivity contribution in [2.24, 2.45) is 0 Å². The number of aliphatic hydroxyl groups excluding tert-OH is 2. The van der Waals surface area contributed by atoms with Gasteiger partial charge in [0.15, 0.2) is 0 Å². The zero-order valence-corrected chi connectivity index (χ0v) is 25.7. The summed E-state index contributed by atoms with van der Waals surface area (Å²) in [6, 6.07) is 22.0. The highest BCUT2D eigenvalue weighted by Crippen LogP contribution is 2.31. The van der Waals surface area contributed by atoms with Crippen molar-refractivity contribution in [2.75, 3.05) is 65.6 Å². The second-order valence-corrected chi connectivity index (χ2v) is 11.8. The standard InChI is InChI=1S/C36H38N4O6/c41-23-21-38(22-24-42)20-19-37(15-5-17-39-33(43)27-11-1-7-25-8-2-12-28(31(25)27)34(39)44)16-6-18-40-35(45)29-13-3-9-26-10-4-14-30(32(26)29)36(40)46/h1-4,7-14,41-42H,5-6,15-24H2. The molecule has 0 radical (unpaired) electrons. The fourth-order valence-electron chi connectivity index (χ4n) is 6.71. The van der Waals surface area contributed by atoms with Gasteiger partial charge in [-0.15, -0.1) is 0 Å². The first-order valence-corrected chi connectivity index (χ1v) is 15.8. The number of nitrogens with zero attached hydrogens (tertiary/aromatic N) is 4. The van der Waals surface area contributed by atoms with Crippen molar-refractivity contribution in [1.29, 1.82) is 0 Å². The molecule has 0 atom stereocenters. The molecule has 10 nitrogen and oxygen atoms in total. The topological polar surface area (TPSA) is 122 Å². The van der Waals surface area contributed by atoms with E-state index in [0.717, 1.165) is 10.8 Å². The number of benzene rings is 4. The van der Waals surface area contributed by atoms with Crippen LogP contribution in [0.25, 0.3) is 21.5 Å². The average Bonchev–Trinajstić information content (AvgIpc) is 3.07. The molecule has 0 spiro atoms. The van der Waals surface area contributed by atoms with Crippen molar-refractivity contribution < 1.29 is 29.4 Å². The fourth-order valence-corrected chi connectivity index (χ4v) is 6.71. The van der Waals surface area contributed by atoms with E-state index in [1.165, 1.54) is 9.80 Å². The molecule has 0 aromatic heterocycles. The summed E-state index contributed by atoms with van der Waals surface area (Å²) in [5.41, 5.74) is 2.12. The van der Waals surface area contributed by atoms with Crippen LogP contribution in [-0.4, -0.2) is 119 Å². The molecule has 4 amide bonds. The van der Waals surface area contributed by atoms with Crippen molar-refractivity contribution in [3.63, 3.8) is 0 Å². The first-order valence-electron chi connectivity index (χ1n) is 15.8. The highest BCUT2D eigenvalue weighted by atomic mass is 16.3. The molecule has 2 aliphatic rings. The molecule has 4 aromatic rings. The lowest BCUT2D eigenvalue weighted by molar-refractivity contribution is 0.0596. The Labute approximate surface area is 267 Å². The van der Waals surface area contributed by atoms with E-state index < -0.39 is 0 Å². The largest absolute Gasteiger partial charge is 0.395 e. The van der Waals surface area contributed by atoms with Gasteiger partial charge in [0, 0.05) is 72.3 Å². The Balaban J connectivity index is 1.12. The number of hydrogen-bond donors (Lipinski definition) is 2. The number of imide groups is 2. The number of carbonyl (C=O) groups excluding carboxylic acids is 4. The summed E-state index contributed by atoms with van der Waals surface area (Å²) in [6.07, 6.45) is 1.07. The van der Waals surface area contributed by atoms with Gasteiger partial charge in [-0.25, -0.2) is 0 Å². The zero-order chi connectivity index (χ0) is 32.2. The predicted molar refractivity (Wildman–Crippen MR) is 175 cm³/mol. The molecule has 0 saturated carbocycles. The van der Waals surface area contributed by atoms with Crippen LogP contribution >= 0.6 is 0 Å². The predicted octanol–water partition coefficient (Wildman–Crippen LogP) is 3.25. The molecule has 238 valence electrons. The molecule has 2 aliphatic heterocycles. The van der Waals surface area contributed by atoms with Crippen LogP contribution in [0.1, 0.15) is 54.3 Å². The zero-order valence-electron chi connectivity index (χ0n) is 25.7. The van der Waals surface area contributed by atoms with Gasteiger partial charge in [-0.3, -0.25) is 33.9 Å². The third-order valence-corrected chi connectivity index (χ3v) is 8.99. The van der Waals surface area contributed by atoms with E-state index in [4.69, 9.17) is 0 Å². The Morgan fingerprint density at radius 3 is 1.11 bits per heavy atom. The fraction of sp³-hybridized carbons (Fsp3) is 0.333. The van der Waals surface area contributed by atoms with Gasteiger partial charge >= 0.3 is 0 Å². The van der Waals surface area contributed by atoms with Crippen LogP contribution in [0.15, 0.2) is 72.8 Å². The minimum Gasteiger partial charge on any atom is -0.395 e. The van der Waals surface area contributed by atoms with E-state index in [-0.39, 0.29) is 49.9 Å². The van der Waals surface area contributed by atoms with E-state index in [1.54, 1.807) is 24.3 Å². The molecule has 0 unspecified atom stereocenters. The molecule has 4 aromatic carbocycles. The second-order valence-electron chi connectivity index (χ2n) is 11.8. The molecule has 2 heterocycles. The third kappa shape index (κ3) is 6.04. The Kier molecular flexibility index (Phi) is 9.51. The van der Waals surface area contributed by atoms with Gasteiger partial charge in [-0.05, 0) is 61.0 Å². The van der Waals surface area contributed by atoms with Crippen LogP contribution in [0, 0.1) is 0 Å². The second kappa shape index (κ2) is 13.9. The van der Waals surface area contributed by atoms with Crippen molar-refractivity contribution in [1.82, 2.24) is 19.6 Å². The summed E-state index contributed by atoms with van der Waals surface area (Å²) in [6.45, 7) is 3.64. The minimum absolute atomic E-state index is 0.0270. The number of aliphatic hydroxyl groups is 2. The Morgan fingerprint density at radius 2 is 0.783 bits per heavy atom. The van der Waals surface area contributed by atoms with E-state index in [2.05, 4.69) is 4.90 Å². The van der Waals surface area contributed by atoms with Gasteiger partial charge in [0.25, 0.3) is 23.6 Å². The summed E-state index contributed by atoms with van der Waals surface area (Å²) in [5.74, 6) is -1.18. The highest BCUT2D eigenvalue weighted by molar-refractivity contribution is 6.26. The van der Waals surface area contributed by atoms with Crippen LogP contribution in [0.3, 0.4) is 0 Å². The molecule has 2 N–H and O–H groups in total. The number of amides is 4. The lowest BCUT2D eigenvalue weighted by Gasteiger charge is -2.31. The van der Waals surface area contributed by atoms with Crippen molar-refractivity contribution in [2.45, 2.75) is 12.8 Å². The van der Waals surface area contributed by atoms with Crippen LogP contribution in [0.4, 0.5) is 0 Å². The maximum absolute atomic E-state index is 13.4. The normalized spacial score (nSPS) is 14.5. The molecular weight excluding hydrogens is 584 g/mol. The van der Waals surface area contributed by atoms with Gasteiger partial charge in [-0.2, -0.15) is 0 Å². The first-order chi connectivity index (χ1) is 22.4. The highest BCUT2D eigenvalue weighted by Gasteiger charge is 2.33. The molecule has 0 saturated heterocycles. The summed E-state index contributed by atoms with van der Waals surface area (Å²) in [4.78, 5) is 60.3. The van der Waals surface area contributed by atoms with Crippen LogP contribution in [-0.2, 0) is 0 Å². The van der Waals surface area contributed by atoms with E-state index in [1.807, 2.05) is 53.4 Å². The van der Waals surface area contributed by atoms with Gasteiger partial charge < -0.3 is 15.1 Å². The smallest absolute Gasteiger partial charge is 0.261 e. The van der Waals surface area contributed by atoms with Crippen LogP contribution in [0.5, 0.6) is 0 Å². The summed E-state index contributed by atoms with van der Waals surface area (Å²) in [5, 5.41) is 22.1. The van der Waals surface area contributed by atoms with Crippen molar-refractivity contribution >= 4 is 45.2 Å². The maximum Gasteiger partial charge on any atom is 0.261 e. The van der Waals surface area contributed by atoms with Gasteiger partial charge in [0.05, 0.1) is 13.2 Å². The molecule has 6 rings (SSSR count). The van der Waals surface area contributed by atoms with E-state index in [9.17, 15) is 29.4 Å². The number of carbonyl (C=O) groups is 4. The third-order valence-electron chi connectivity index (χ3n) is 8.99. The molecule has 0 aliphatic carbocycles. The van der Waals surface area contributed by atoms with Gasteiger partial charge in [0.1, 0.15) is 0 Å². The Hall–Kier alpha value is -4.48. The quantitative estimate of drug-likeness (QED) is 0.194. The van der Waals surface area contributed by atoms with E-state index >= 15 is 0 Å². The first kappa shape index (κ1) is 31.5. The Bertz CT molecular complexity index is 1580. The Morgan fingerprint density at radius 1 is 0.457 bits per heavy atom. The van der Waals surface area contributed by atoms with Gasteiger partial charge in [-0.1, -0.05) is 48.5 Å². The SMILES string of the molecule is O=C1c2cccc3cccc(c23)C(=O)N1CCCN(CCCN1C(=O)c2cccc3cccc(c23)C1=O)CCN(CCO)CCO. The number of rotatable bonds is 15. The molecule has 46 heavy (non-hydrogen) atoms. The summed E-state index contributed by atoms with van der Waals surface area (Å²) in [7, 11) is 0. The van der Waals surface area contributed by atoms with Crippen molar-refractivity contribution in [3.05, 3.63) is 95.1 Å². The van der Waals surface area contributed by atoms with E-state index in [0.29, 0.717) is 85.1 Å². The average molecular weight is 623 g/mol. The lowest BCUT2D eigenvalue weighted by Crippen LogP contribution is -2.44. The molecule has 0 fully saturated rings. The molecule has 0 bridgehead atoms. The number of hydrogen-bond acceptors (Lipinski definition) is 8. The lowest BCUT2D eigenvalue weighted by atomic mass is 9.94. The summed E-state index contributed by atoms with van der Waals surface area (Å²) < 4.78 is 0. The van der Waals surface area contributed by atoms with Crippen molar-refractivity contribution in [3.8, 4) is 0 Å².